The summed E-state index contributed by atoms with van der Waals surface area (Å²) in [5.74, 6) is -2.50. The largest absolute Gasteiger partial charge is 0.481 e. The Labute approximate surface area is 107 Å². The fourth-order valence-electron chi connectivity index (χ4n) is 1.65. The summed E-state index contributed by atoms with van der Waals surface area (Å²) in [6.45, 7) is -3.07. The van der Waals surface area contributed by atoms with Crippen molar-refractivity contribution in [2.24, 2.45) is 0 Å². The molecule has 0 amide bonds. The normalized spacial score (nSPS) is 10.5. The average Bonchev–Trinajstić information content (AvgIpc) is 2.28. The first-order valence-corrected chi connectivity index (χ1v) is 5.39. The number of hydrogen-bond donors (Lipinski definition) is 2. The predicted octanol–water partition coefficient (Wildman–Crippen LogP) is 1.93. The summed E-state index contributed by atoms with van der Waals surface area (Å²) >= 11 is 0. The number of benzene rings is 1. The minimum Gasteiger partial charge on any atom is -0.481 e. The second-order valence-electron chi connectivity index (χ2n) is 3.74. The van der Waals surface area contributed by atoms with Crippen molar-refractivity contribution >= 4 is 11.9 Å². The van der Waals surface area contributed by atoms with Gasteiger partial charge in [0.1, 0.15) is 5.75 Å². The molecule has 1 rings (SSSR count). The summed E-state index contributed by atoms with van der Waals surface area (Å²) in [5.41, 5.74) is 0.458. The molecule has 2 N–H and O–H groups in total. The van der Waals surface area contributed by atoms with Crippen LogP contribution in [0.1, 0.15) is 17.5 Å². The lowest BCUT2D eigenvalue weighted by Crippen LogP contribution is -2.10. The molecule has 0 unspecified atom stereocenters. The van der Waals surface area contributed by atoms with Crippen molar-refractivity contribution in [3.63, 3.8) is 0 Å². The molecule has 0 spiro atoms. The fourth-order valence-corrected chi connectivity index (χ4v) is 1.65. The van der Waals surface area contributed by atoms with E-state index in [1.165, 1.54) is 18.2 Å². The summed E-state index contributed by atoms with van der Waals surface area (Å²) in [4.78, 5) is 21.2. The van der Waals surface area contributed by atoms with Gasteiger partial charge >= 0.3 is 18.6 Å². The molecule has 0 heterocycles. The average molecular weight is 274 g/mol. The third-order valence-corrected chi connectivity index (χ3v) is 2.38. The number of ether oxygens (including phenoxy) is 1. The Balaban J connectivity index is 3.06. The Bertz CT molecular complexity index is 473. The van der Waals surface area contributed by atoms with Crippen molar-refractivity contribution in [3.8, 4) is 5.75 Å². The van der Waals surface area contributed by atoms with Crippen LogP contribution in [0, 0.1) is 0 Å². The lowest BCUT2D eigenvalue weighted by molar-refractivity contribution is -0.137. The number of aryl methyl sites for hydroxylation is 1. The number of carboxylic acids is 2. The highest BCUT2D eigenvalue weighted by Gasteiger charge is 2.16. The highest BCUT2D eigenvalue weighted by Crippen LogP contribution is 2.26. The minimum atomic E-state index is -3.07. The third-order valence-electron chi connectivity index (χ3n) is 2.38. The van der Waals surface area contributed by atoms with Gasteiger partial charge in [0, 0.05) is 12.0 Å². The van der Waals surface area contributed by atoms with Gasteiger partial charge in [-0.3, -0.25) is 9.59 Å². The molecule has 1 aromatic carbocycles. The van der Waals surface area contributed by atoms with E-state index in [1.54, 1.807) is 0 Å². The molecule has 0 aliphatic heterocycles. The summed E-state index contributed by atoms with van der Waals surface area (Å²) in [6.07, 6.45) is -0.666. The van der Waals surface area contributed by atoms with Crippen LogP contribution >= 0.6 is 0 Å². The lowest BCUT2D eigenvalue weighted by Gasteiger charge is -2.13. The second-order valence-corrected chi connectivity index (χ2v) is 3.74. The van der Waals surface area contributed by atoms with Gasteiger partial charge in [0.15, 0.2) is 0 Å². The molecular formula is C12H12F2O5. The van der Waals surface area contributed by atoms with E-state index in [-0.39, 0.29) is 24.2 Å². The standard InChI is InChI=1S/C12H12F2O5/c13-12(14)19-9-3-1-2-7(4-5-10(15)16)8(9)6-11(17)18/h1-3,12H,4-6H2,(H,15,16)(H,17,18). The molecule has 5 nitrogen and oxygen atoms in total. The SMILES string of the molecule is O=C(O)CCc1cccc(OC(F)F)c1CC(=O)O. The molecule has 0 radical (unpaired) electrons. The van der Waals surface area contributed by atoms with Crippen LogP contribution in [0.5, 0.6) is 5.75 Å². The van der Waals surface area contributed by atoms with E-state index in [9.17, 15) is 18.4 Å². The van der Waals surface area contributed by atoms with E-state index in [2.05, 4.69) is 4.74 Å². The molecule has 0 saturated carbocycles. The van der Waals surface area contributed by atoms with Crippen molar-refractivity contribution in [1.29, 1.82) is 0 Å². The van der Waals surface area contributed by atoms with Gasteiger partial charge in [0.05, 0.1) is 6.42 Å². The number of hydrogen-bond acceptors (Lipinski definition) is 3. The molecule has 0 aliphatic rings. The molecule has 0 aromatic heterocycles. The topological polar surface area (TPSA) is 83.8 Å². The maximum atomic E-state index is 12.2. The van der Waals surface area contributed by atoms with Crippen LogP contribution in [0.2, 0.25) is 0 Å². The number of rotatable bonds is 7. The molecule has 19 heavy (non-hydrogen) atoms. The third kappa shape index (κ3) is 4.90. The van der Waals surface area contributed by atoms with Crippen molar-refractivity contribution < 1.29 is 33.3 Å². The van der Waals surface area contributed by atoms with Crippen molar-refractivity contribution in [2.45, 2.75) is 25.9 Å². The van der Waals surface area contributed by atoms with Gasteiger partial charge in [-0.05, 0) is 18.1 Å². The van der Waals surface area contributed by atoms with Crippen LogP contribution < -0.4 is 4.74 Å². The number of carbonyl (C=O) groups is 2. The van der Waals surface area contributed by atoms with E-state index in [0.29, 0.717) is 5.56 Å². The summed E-state index contributed by atoms with van der Waals surface area (Å²) in [5, 5.41) is 17.4. The minimum absolute atomic E-state index is 0.0540. The van der Waals surface area contributed by atoms with E-state index in [4.69, 9.17) is 10.2 Å². The van der Waals surface area contributed by atoms with Gasteiger partial charge in [-0.15, -0.1) is 0 Å². The fraction of sp³-hybridized carbons (Fsp3) is 0.333. The Hall–Kier alpha value is -2.18. The van der Waals surface area contributed by atoms with Crippen molar-refractivity contribution in [2.75, 3.05) is 0 Å². The zero-order chi connectivity index (χ0) is 14.4. The van der Waals surface area contributed by atoms with Gasteiger partial charge < -0.3 is 14.9 Å². The molecule has 0 fully saturated rings. The van der Waals surface area contributed by atoms with E-state index < -0.39 is 25.0 Å². The van der Waals surface area contributed by atoms with Crippen LogP contribution in [0.3, 0.4) is 0 Å². The highest BCUT2D eigenvalue weighted by atomic mass is 19.3. The Morgan fingerprint density at radius 3 is 2.42 bits per heavy atom. The van der Waals surface area contributed by atoms with E-state index in [0.717, 1.165) is 0 Å². The van der Waals surface area contributed by atoms with E-state index in [1.807, 2.05) is 0 Å². The molecule has 0 aliphatic carbocycles. The number of carboxylic acid groups (broad SMARTS) is 2. The molecule has 0 atom stereocenters. The van der Waals surface area contributed by atoms with Gasteiger partial charge in [-0.1, -0.05) is 12.1 Å². The van der Waals surface area contributed by atoms with Gasteiger partial charge in [-0.25, -0.2) is 0 Å². The van der Waals surface area contributed by atoms with Crippen molar-refractivity contribution in [1.82, 2.24) is 0 Å². The number of aliphatic carboxylic acids is 2. The van der Waals surface area contributed by atoms with Gasteiger partial charge in [0.25, 0.3) is 0 Å². The molecule has 7 heteroatoms. The van der Waals surface area contributed by atoms with E-state index >= 15 is 0 Å². The monoisotopic (exact) mass is 274 g/mol. The number of halogens is 2. The first-order valence-electron chi connectivity index (χ1n) is 5.39. The smallest absolute Gasteiger partial charge is 0.387 e. The zero-order valence-electron chi connectivity index (χ0n) is 9.81. The molecule has 0 bridgehead atoms. The van der Waals surface area contributed by atoms with Crippen LogP contribution in [0.25, 0.3) is 0 Å². The quantitative estimate of drug-likeness (QED) is 0.793. The van der Waals surface area contributed by atoms with Crippen LogP contribution in [-0.4, -0.2) is 28.8 Å². The summed E-state index contributed by atoms with van der Waals surface area (Å²) in [7, 11) is 0. The van der Waals surface area contributed by atoms with Crippen molar-refractivity contribution in [3.05, 3.63) is 29.3 Å². The van der Waals surface area contributed by atoms with Gasteiger partial charge in [0.2, 0.25) is 0 Å². The molecular weight excluding hydrogens is 262 g/mol. The summed E-state index contributed by atoms with van der Waals surface area (Å²) < 4.78 is 28.7. The Kier molecular flexibility index (Phi) is 5.23. The Morgan fingerprint density at radius 2 is 1.89 bits per heavy atom. The second kappa shape index (κ2) is 6.67. The highest BCUT2D eigenvalue weighted by molar-refractivity contribution is 5.72. The zero-order valence-corrected chi connectivity index (χ0v) is 9.81. The predicted molar refractivity (Wildman–Crippen MR) is 60.4 cm³/mol. The maximum absolute atomic E-state index is 12.2. The first kappa shape index (κ1) is 14.9. The number of alkyl halides is 2. The molecule has 104 valence electrons. The van der Waals surface area contributed by atoms with Crippen LogP contribution in [0.15, 0.2) is 18.2 Å². The first-order chi connectivity index (χ1) is 8.90. The maximum Gasteiger partial charge on any atom is 0.387 e. The van der Waals surface area contributed by atoms with Gasteiger partial charge in [-0.2, -0.15) is 8.78 Å². The summed E-state index contributed by atoms with van der Waals surface area (Å²) in [6, 6.07) is 4.15. The molecule has 0 saturated heterocycles. The van der Waals surface area contributed by atoms with Crippen LogP contribution in [0.4, 0.5) is 8.78 Å². The lowest BCUT2D eigenvalue weighted by atomic mass is 9.99. The van der Waals surface area contributed by atoms with Crippen LogP contribution in [-0.2, 0) is 22.4 Å². The Morgan fingerprint density at radius 1 is 1.21 bits per heavy atom. The molecule has 1 aromatic rings.